The minimum atomic E-state index is -0.0828. The molecule has 0 amide bonds. The van der Waals surface area contributed by atoms with Crippen molar-refractivity contribution >= 4 is 0 Å². The average molecular weight is 142 g/mol. The lowest BCUT2D eigenvalue weighted by Crippen LogP contribution is -2.03. The summed E-state index contributed by atoms with van der Waals surface area (Å²) in [7, 11) is 0. The summed E-state index contributed by atoms with van der Waals surface area (Å²) in [6, 6.07) is 0. The minimum absolute atomic E-state index is 0.0828. The first kappa shape index (κ1) is 8.06. The summed E-state index contributed by atoms with van der Waals surface area (Å²) >= 11 is 0. The molecule has 0 bridgehead atoms. The van der Waals surface area contributed by atoms with E-state index >= 15 is 0 Å². The van der Waals surface area contributed by atoms with Gasteiger partial charge in [-0.05, 0) is 25.7 Å². The fourth-order valence-corrected chi connectivity index (χ4v) is 1.78. The van der Waals surface area contributed by atoms with Gasteiger partial charge in [0.05, 0.1) is 6.10 Å². The highest BCUT2D eigenvalue weighted by Gasteiger charge is 2.14. The second kappa shape index (κ2) is 3.97. The maximum Gasteiger partial charge on any atom is 0.0512 e. The summed E-state index contributed by atoms with van der Waals surface area (Å²) in [6.07, 6.45) is 7.83. The Bertz CT molecular complexity index is 82.7. The molecule has 1 N–H and O–H groups in total. The van der Waals surface area contributed by atoms with E-state index in [0.29, 0.717) is 0 Å². The van der Waals surface area contributed by atoms with Crippen molar-refractivity contribution in [3.63, 3.8) is 0 Å². The Kier molecular flexibility index (Phi) is 3.20. The third kappa shape index (κ3) is 2.70. The number of rotatable bonds is 3. The van der Waals surface area contributed by atoms with E-state index in [0.717, 1.165) is 12.3 Å². The molecule has 1 fully saturated rings. The molecule has 0 saturated heterocycles. The lowest BCUT2D eigenvalue weighted by molar-refractivity contribution is 0.173. The molecular weight excluding hydrogens is 124 g/mol. The van der Waals surface area contributed by atoms with Crippen LogP contribution in [0.1, 0.15) is 45.4 Å². The molecule has 1 aliphatic rings. The van der Waals surface area contributed by atoms with Gasteiger partial charge in [0.1, 0.15) is 0 Å². The summed E-state index contributed by atoms with van der Waals surface area (Å²) in [5, 5.41) is 9.01. The Morgan fingerprint density at radius 3 is 2.50 bits per heavy atom. The number of hydrogen-bond donors (Lipinski definition) is 1. The van der Waals surface area contributed by atoms with E-state index in [9.17, 15) is 0 Å². The highest BCUT2D eigenvalue weighted by molar-refractivity contribution is 4.67. The summed E-state index contributed by atoms with van der Waals surface area (Å²) in [4.78, 5) is 0. The minimum Gasteiger partial charge on any atom is -0.393 e. The molecule has 0 aliphatic heterocycles. The van der Waals surface area contributed by atoms with Crippen LogP contribution in [0.4, 0.5) is 0 Å². The van der Waals surface area contributed by atoms with Gasteiger partial charge in [0.25, 0.3) is 0 Å². The lowest BCUT2D eigenvalue weighted by Gasteiger charge is -2.09. The number of hydrogen-bond acceptors (Lipinski definition) is 1. The number of aliphatic hydroxyl groups excluding tert-OH is 1. The quantitative estimate of drug-likeness (QED) is 0.641. The fraction of sp³-hybridized carbons (Fsp3) is 1.00. The van der Waals surface area contributed by atoms with Crippen molar-refractivity contribution in [2.45, 2.75) is 51.6 Å². The smallest absolute Gasteiger partial charge is 0.0512 e. The van der Waals surface area contributed by atoms with E-state index in [-0.39, 0.29) is 6.10 Å². The second-order valence-electron chi connectivity index (χ2n) is 3.58. The van der Waals surface area contributed by atoms with Crippen LogP contribution in [0, 0.1) is 5.92 Å². The van der Waals surface area contributed by atoms with Crippen molar-refractivity contribution in [2.24, 2.45) is 5.92 Å². The maximum atomic E-state index is 9.01. The summed E-state index contributed by atoms with van der Waals surface area (Å²) in [5.41, 5.74) is 0. The van der Waals surface area contributed by atoms with E-state index in [1.165, 1.54) is 32.1 Å². The van der Waals surface area contributed by atoms with Crippen LogP contribution in [-0.4, -0.2) is 11.2 Å². The van der Waals surface area contributed by atoms with Gasteiger partial charge in [-0.25, -0.2) is 0 Å². The molecule has 0 heterocycles. The van der Waals surface area contributed by atoms with E-state index in [4.69, 9.17) is 5.11 Å². The largest absolute Gasteiger partial charge is 0.393 e. The van der Waals surface area contributed by atoms with Crippen LogP contribution in [0.25, 0.3) is 0 Å². The van der Waals surface area contributed by atoms with Crippen molar-refractivity contribution < 1.29 is 5.11 Å². The molecule has 60 valence electrons. The molecule has 0 radical (unpaired) electrons. The van der Waals surface area contributed by atoms with Crippen LogP contribution in [0.15, 0.2) is 0 Å². The van der Waals surface area contributed by atoms with E-state index in [1.54, 1.807) is 0 Å². The molecule has 0 aromatic heterocycles. The first-order valence-electron chi connectivity index (χ1n) is 4.47. The Hall–Kier alpha value is -0.0400. The monoisotopic (exact) mass is 142 g/mol. The fourth-order valence-electron chi connectivity index (χ4n) is 1.78. The molecule has 10 heavy (non-hydrogen) atoms. The third-order valence-corrected chi connectivity index (χ3v) is 2.47. The summed E-state index contributed by atoms with van der Waals surface area (Å²) in [6.45, 7) is 1.88. The molecule has 0 aromatic rings. The molecule has 1 aliphatic carbocycles. The normalized spacial score (nSPS) is 23.4. The van der Waals surface area contributed by atoms with Gasteiger partial charge >= 0.3 is 0 Å². The van der Waals surface area contributed by atoms with Crippen LogP contribution >= 0.6 is 0 Å². The molecule has 1 heteroatoms. The Morgan fingerprint density at radius 1 is 1.40 bits per heavy atom. The summed E-state index contributed by atoms with van der Waals surface area (Å²) < 4.78 is 0. The SMILES string of the molecule is C[C@H](O)CCC1CCCC1. The topological polar surface area (TPSA) is 20.2 Å². The molecule has 0 aromatic carbocycles. The molecule has 1 nitrogen and oxygen atoms in total. The lowest BCUT2D eigenvalue weighted by atomic mass is 10.0. The number of aliphatic hydroxyl groups is 1. The van der Waals surface area contributed by atoms with Crippen molar-refractivity contribution in [3.05, 3.63) is 0 Å². The Balaban J connectivity index is 2.01. The predicted molar refractivity (Wildman–Crippen MR) is 42.9 cm³/mol. The first-order chi connectivity index (χ1) is 4.79. The van der Waals surface area contributed by atoms with Crippen LogP contribution < -0.4 is 0 Å². The van der Waals surface area contributed by atoms with Crippen molar-refractivity contribution in [2.75, 3.05) is 0 Å². The van der Waals surface area contributed by atoms with Gasteiger partial charge in [0.2, 0.25) is 0 Å². The van der Waals surface area contributed by atoms with Crippen molar-refractivity contribution in [3.8, 4) is 0 Å². The Morgan fingerprint density at radius 2 is 2.00 bits per heavy atom. The maximum absolute atomic E-state index is 9.01. The van der Waals surface area contributed by atoms with E-state index in [1.807, 2.05) is 6.92 Å². The Labute approximate surface area is 63.4 Å². The van der Waals surface area contributed by atoms with Gasteiger partial charge in [-0.15, -0.1) is 0 Å². The third-order valence-electron chi connectivity index (χ3n) is 2.47. The predicted octanol–water partition coefficient (Wildman–Crippen LogP) is 2.34. The molecule has 0 unspecified atom stereocenters. The zero-order valence-corrected chi connectivity index (χ0v) is 6.84. The second-order valence-corrected chi connectivity index (χ2v) is 3.58. The molecule has 1 rings (SSSR count). The average Bonchev–Trinajstić information content (AvgIpc) is 2.34. The molecule has 1 saturated carbocycles. The van der Waals surface area contributed by atoms with Crippen LogP contribution in [0.5, 0.6) is 0 Å². The van der Waals surface area contributed by atoms with Crippen LogP contribution in [0.3, 0.4) is 0 Å². The zero-order chi connectivity index (χ0) is 7.40. The highest BCUT2D eigenvalue weighted by Crippen LogP contribution is 2.28. The van der Waals surface area contributed by atoms with Crippen molar-refractivity contribution in [1.29, 1.82) is 0 Å². The van der Waals surface area contributed by atoms with Crippen LogP contribution in [0.2, 0.25) is 0 Å². The van der Waals surface area contributed by atoms with Gasteiger partial charge in [0.15, 0.2) is 0 Å². The van der Waals surface area contributed by atoms with Gasteiger partial charge in [-0.1, -0.05) is 25.7 Å². The highest BCUT2D eigenvalue weighted by atomic mass is 16.3. The molecular formula is C9H18O. The summed E-state index contributed by atoms with van der Waals surface area (Å²) in [5.74, 6) is 0.939. The van der Waals surface area contributed by atoms with Gasteiger partial charge in [-0.2, -0.15) is 0 Å². The standard InChI is InChI=1S/C9H18O/c1-8(10)6-7-9-4-2-3-5-9/h8-10H,2-7H2,1H3/t8-/m0/s1. The van der Waals surface area contributed by atoms with Crippen molar-refractivity contribution in [1.82, 2.24) is 0 Å². The van der Waals surface area contributed by atoms with Gasteiger partial charge < -0.3 is 5.11 Å². The van der Waals surface area contributed by atoms with E-state index in [2.05, 4.69) is 0 Å². The molecule has 1 atom stereocenters. The van der Waals surface area contributed by atoms with Gasteiger partial charge in [0, 0.05) is 0 Å². The van der Waals surface area contributed by atoms with E-state index < -0.39 is 0 Å². The van der Waals surface area contributed by atoms with Crippen LogP contribution in [-0.2, 0) is 0 Å². The first-order valence-corrected chi connectivity index (χ1v) is 4.47. The van der Waals surface area contributed by atoms with Gasteiger partial charge in [-0.3, -0.25) is 0 Å². The molecule has 0 spiro atoms. The zero-order valence-electron chi connectivity index (χ0n) is 6.84.